The first-order valence-electron chi connectivity index (χ1n) is 9.96. The highest BCUT2D eigenvalue weighted by molar-refractivity contribution is 5.96. The van der Waals surface area contributed by atoms with E-state index in [0.29, 0.717) is 37.6 Å². The van der Waals surface area contributed by atoms with Crippen LogP contribution < -0.4 is 10.1 Å². The number of para-hydroxylation sites is 1. The highest BCUT2D eigenvalue weighted by Crippen LogP contribution is 2.26. The Hall–Kier alpha value is -3.12. The first-order chi connectivity index (χ1) is 14.2. The van der Waals surface area contributed by atoms with Crippen molar-refractivity contribution in [3.05, 3.63) is 83.2 Å². The Morgan fingerprint density at radius 1 is 1.21 bits per heavy atom. The van der Waals surface area contributed by atoms with Crippen LogP contribution in [-0.2, 0) is 17.7 Å². The molecule has 1 aromatic heterocycles. The number of aromatic nitrogens is 2. The molecule has 0 saturated heterocycles. The van der Waals surface area contributed by atoms with Crippen molar-refractivity contribution in [1.82, 2.24) is 15.1 Å². The van der Waals surface area contributed by atoms with Gasteiger partial charge in [0.05, 0.1) is 31.0 Å². The number of ether oxygens (including phenoxy) is 2. The maximum Gasteiger partial charge on any atom is 0.255 e. The van der Waals surface area contributed by atoms with Crippen LogP contribution in [0.25, 0.3) is 0 Å². The third-order valence-corrected chi connectivity index (χ3v) is 4.93. The van der Waals surface area contributed by atoms with Crippen LogP contribution in [0.1, 0.15) is 40.2 Å². The summed E-state index contributed by atoms with van der Waals surface area (Å²) in [5.41, 5.74) is 3.82. The molecule has 1 aliphatic rings. The standard InChI is InChI=1S/C23H25N3O3/c1-2-28-20-11-7-6-10-19(20)23(27)24-14-21-22-18(12-13-29-21)16-26(25-22)15-17-8-4-3-5-9-17/h3-11,16,21H,2,12-15H2,1H3,(H,24,27). The molecule has 6 nitrogen and oxygen atoms in total. The second-order valence-electron chi connectivity index (χ2n) is 6.97. The molecule has 6 heteroatoms. The Morgan fingerprint density at radius 3 is 2.83 bits per heavy atom. The van der Waals surface area contributed by atoms with E-state index in [1.165, 1.54) is 11.1 Å². The predicted molar refractivity (Wildman–Crippen MR) is 110 cm³/mol. The van der Waals surface area contributed by atoms with Gasteiger partial charge in [-0.1, -0.05) is 42.5 Å². The summed E-state index contributed by atoms with van der Waals surface area (Å²) >= 11 is 0. The summed E-state index contributed by atoms with van der Waals surface area (Å²) in [5.74, 6) is 0.415. The molecule has 29 heavy (non-hydrogen) atoms. The highest BCUT2D eigenvalue weighted by atomic mass is 16.5. The Morgan fingerprint density at radius 2 is 2.00 bits per heavy atom. The number of hydrogen-bond donors (Lipinski definition) is 1. The Kier molecular flexibility index (Phi) is 5.91. The molecular formula is C23H25N3O3. The smallest absolute Gasteiger partial charge is 0.255 e. The first kappa shape index (κ1) is 19.2. The van der Waals surface area contributed by atoms with Crippen LogP contribution in [0.2, 0.25) is 0 Å². The van der Waals surface area contributed by atoms with Crippen LogP contribution in [-0.4, -0.2) is 35.4 Å². The minimum atomic E-state index is -0.251. The van der Waals surface area contributed by atoms with Crippen molar-refractivity contribution in [2.45, 2.75) is 26.0 Å². The number of nitrogens with one attached hydrogen (secondary N) is 1. The van der Waals surface area contributed by atoms with Gasteiger partial charge in [-0.15, -0.1) is 0 Å². The average molecular weight is 391 g/mol. The molecule has 2 heterocycles. The van der Waals surface area contributed by atoms with Crippen LogP contribution in [0, 0.1) is 0 Å². The highest BCUT2D eigenvalue weighted by Gasteiger charge is 2.25. The van der Waals surface area contributed by atoms with E-state index in [0.717, 1.165) is 12.1 Å². The zero-order valence-electron chi connectivity index (χ0n) is 16.5. The number of carbonyl (C=O) groups is 1. The van der Waals surface area contributed by atoms with E-state index >= 15 is 0 Å². The van der Waals surface area contributed by atoms with Gasteiger partial charge in [-0.05, 0) is 36.6 Å². The van der Waals surface area contributed by atoms with Crippen LogP contribution in [0.4, 0.5) is 0 Å². The quantitative estimate of drug-likeness (QED) is 0.671. The lowest BCUT2D eigenvalue weighted by atomic mass is 10.1. The maximum atomic E-state index is 12.7. The lowest BCUT2D eigenvalue weighted by molar-refractivity contribution is 0.0383. The molecule has 150 valence electrons. The summed E-state index contributed by atoms with van der Waals surface area (Å²) < 4.78 is 13.4. The number of carbonyl (C=O) groups excluding carboxylic acids is 1. The molecule has 1 aliphatic heterocycles. The van der Waals surface area contributed by atoms with E-state index in [2.05, 4.69) is 23.6 Å². The van der Waals surface area contributed by atoms with Crippen molar-refractivity contribution in [3.8, 4) is 5.75 Å². The van der Waals surface area contributed by atoms with E-state index in [1.54, 1.807) is 12.1 Å². The van der Waals surface area contributed by atoms with E-state index in [1.807, 2.05) is 41.9 Å². The molecule has 0 bridgehead atoms. The van der Waals surface area contributed by atoms with Gasteiger partial charge in [-0.25, -0.2) is 0 Å². The number of benzene rings is 2. The van der Waals surface area contributed by atoms with Gasteiger partial charge < -0.3 is 14.8 Å². The average Bonchev–Trinajstić information content (AvgIpc) is 3.16. The molecule has 0 aliphatic carbocycles. The second kappa shape index (κ2) is 8.92. The molecule has 0 radical (unpaired) electrons. The van der Waals surface area contributed by atoms with E-state index < -0.39 is 0 Å². The SMILES string of the molecule is CCOc1ccccc1C(=O)NCC1OCCc2cn(Cc3ccccc3)nc21. The van der Waals surface area contributed by atoms with Gasteiger partial charge in [0.1, 0.15) is 11.9 Å². The minimum absolute atomic E-state index is 0.173. The van der Waals surface area contributed by atoms with Gasteiger partial charge in [0.25, 0.3) is 5.91 Å². The number of hydrogen-bond acceptors (Lipinski definition) is 4. The second-order valence-corrected chi connectivity index (χ2v) is 6.97. The fourth-order valence-corrected chi connectivity index (χ4v) is 3.55. The Labute approximate surface area is 170 Å². The van der Waals surface area contributed by atoms with Gasteiger partial charge in [0.15, 0.2) is 0 Å². The summed E-state index contributed by atoms with van der Waals surface area (Å²) in [6, 6.07) is 17.5. The van der Waals surface area contributed by atoms with E-state index in [-0.39, 0.29) is 12.0 Å². The summed E-state index contributed by atoms with van der Waals surface area (Å²) in [7, 11) is 0. The maximum absolute atomic E-state index is 12.7. The van der Waals surface area contributed by atoms with Crippen molar-refractivity contribution in [2.75, 3.05) is 19.8 Å². The molecule has 0 spiro atoms. The van der Waals surface area contributed by atoms with Crippen LogP contribution in [0.3, 0.4) is 0 Å². The molecule has 3 aromatic rings. The van der Waals surface area contributed by atoms with Gasteiger partial charge in [0.2, 0.25) is 0 Å². The molecule has 1 unspecified atom stereocenters. The van der Waals surface area contributed by atoms with Crippen molar-refractivity contribution in [1.29, 1.82) is 0 Å². The first-order valence-corrected chi connectivity index (χ1v) is 9.96. The molecule has 4 rings (SSSR count). The van der Waals surface area contributed by atoms with Gasteiger partial charge in [0, 0.05) is 12.7 Å². The summed E-state index contributed by atoms with van der Waals surface area (Å²) in [6.45, 7) is 4.12. The van der Waals surface area contributed by atoms with Crippen molar-refractivity contribution >= 4 is 5.91 Å². The number of fused-ring (bicyclic) bond motifs is 1. The minimum Gasteiger partial charge on any atom is -0.493 e. The fraction of sp³-hybridized carbons (Fsp3) is 0.304. The summed E-state index contributed by atoms with van der Waals surface area (Å²) in [6.07, 6.45) is 2.67. The normalized spacial score (nSPS) is 15.6. The lowest BCUT2D eigenvalue weighted by Crippen LogP contribution is -2.32. The Bertz CT molecular complexity index is 969. The molecule has 0 saturated carbocycles. The molecule has 1 N–H and O–H groups in total. The topological polar surface area (TPSA) is 65.4 Å². The lowest BCUT2D eigenvalue weighted by Gasteiger charge is -2.22. The molecule has 0 fully saturated rings. The third kappa shape index (κ3) is 4.49. The molecule has 1 atom stereocenters. The number of rotatable bonds is 7. The molecule has 2 aromatic carbocycles. The largest absolute Gasteiger partial charge is 0.493 e. The van der Waals surface area contributed by atoms with Crippen molar-refractivity contribution in [2.24, 2.45) is 0 Å². The predicted octanol–water partition coefficient (Wildman–Crippen LogP) is 3.37. The van der Waals surface area contributed by atoms with Crippen LogP contribution in [0.15, 0.2) is 60.8 Å². The van der Waals surface area contributed by atoms with Gasteiger partial charge >= 0.3 is 0 Å². The van der Waals surface area contributed by atoms with Crippen molar-refractivity contribution in [3.63, 3.8) is 0 Å². The monoisotopic (exact) mass is 391 g/mol. The van der Waals surface area contributed by atoms with Crippen LogP contribution in [0.5, 0.6) is 5.75 Å². The summed E-state index contributed by atoms with van der Waals surface area (Å²) in [5, 5.41) is 7.71. The zero-order valence-corrected chi connectivity index (χ0v) is 16.5. The van der Waals surface area contributed by atoms with E-state index in [4.69, 9.17) is 14.6 Å². The zero-order chi connectivity index (χ0) is 20.1. The number of nitrogens with zero attached hydrogens (tertiary/aromatic N) is 2. The molecular weight excluding hydrogens is 366 g/mol. The third-order valence-electron chi connectivity index (χ3n) is 4.93. The fourth-order valence-electron chi connectivity index (χ4n) is 3.55. The van der Waals surface area contributed by atoms with Gasteiger partial charge in [-0.2, -0.15) is 5.10 Å². The van der Waals surface area contributed by atoms with Crippen molar-refractivity contribution < 1.29 is 14.3 Å². The van der Waals surface area contributed by atoms with Crippen LogP contribution >= 0.6 is 0 Å². The van der Waals surface area contributed by atoms with Gasteiger partial charge in [-0.3, -0.25) is 9.48 Å². The number of amides is 1. The van der Waals surface area contributed by atoms with E-state index in [9.17, 15) is 4.79 Å². The molecule has 1 amide bonds. The Balaban J connectivity index is 1.44. The summed E-state index contributed by atoms with van der Waals surface area (Å²) in [4.78, 5) is 12.7.